The van der Waals surface area contributed by atoms with Crippen LogP contribution in [-0.4, -0.2) is 45.7 Å². The Bertz CT molecular complexity index is 725. The summed E-state index contributed by atoms with van der Waals surface area (Å²) in [5.41, 5.74) is -0.984. The van der Waals surface area contributed by atoms with Crippen molar-refractivity contribution in [2.24, 2.45) is 0 Å². The van der Waals surface area contributed by atoms with Gasteiger partial charge in [0.05, 0.1) is 11.3 Å². The van der Waals surface area contributed by atoms with E-state index in [1.807, 2.05) is 4.90 Å². The van der Waals surface area contributed by atoms with Crippen LogP contribution in [0.25, 0.3) is 0 Å². The summed E-state index contributed by atoms with van der Waals surface area (Å²) in [6.07, 6.45) is -4.99. The number of amides is 1. The normalized spacial score (nSPS) is 16.7. The molecule has 2 rings (SSSR count). The minimum Gasteiger partial charge on any atom is -0.444 e. The zero-order valence-electron chi connectivity index (χ0n) is 15.2. The van der Waals surface area contributed by atoms with Gasteiger partial charge in [-0.05, 0) is 27.7 Å². The molecular formula is C16H23F3N4O3. The minimum absolute atomic E-state index is 0.171. The molecule has 1 amide bonds. The lowest BCUT2D eigenvalue weighted by Crippen LogP contribution is -2.46. The Balaban J connectivity index is 2.00. The third-order valence-electron chi connectivity index (χ3n) is 3.71. The third kappa shape index (κ3) is 5.45. The van der Waals surface area contributed by atoms with Gasteiger partial charge in [-0.3, -0.25) is 9.69 Å². The van der Waals surface area contributed by atoms with Gasteiger partial charge in [-0.1, -0.05) is 0 Å². The summed E-state index contributed by atoms with van der Waals surface area (Å²) in [5, 5.41) is 2.70. The van der Waals surface area contributed by atoms with E-state index in [2.05, 4.69) is 10.3 Å². The Morgan fingerprint density at radius 3 is 2.62 bits per heavy atom. The molecule has 26 heavy (non-hydrogen) atoms. The molecule has 0 saturated heterocycles. The number of hydrogen-bond acceptors (Lipinski definition) is 5. The highest BCUT2D eigenvalue weighted by Gasteiger charge is 2.36. The quantitative estimate of drug-likeness (QED) is 0.843. The Morgan fingerprint density at radius 1 is 1.38 bits per heavy atom. The number of alkyl halides is 3. The van der Waals surface area contributed by atoms with Gasteiger partial charge in [0.2, 0.25) is 5.82 Å². The van der Waals surface area contributed by atoms with E-state index < -0.39 is 29.3 Å². The van der Waals surface area contributed by atoms with Crippen molar-refractivity contribution in [3.63, 3.8) is 0 Å². The number of aromatic nitrogens is 2. The van der Waals surface area contributed by atoms with Crippen LogP contribution in [0.15, 0.2) is 4.79 Å². The second-order valence-electron chi connectivity index (χ2n) is 7.37. The predicted molar refractivity (Wildman–Crippen MR) is 87.7 cm³/mol. The van der Waals surface area contributed by atoms with Gasteiger partial charge in [0.25, 0.3) is 5.56 Å². The summed E-state index contributed by atoms with van der Waals surface area (Å²) in [6.45, 7) is 8.11. The van der Waals surface area contributed by atoms with E-state index in [4.69, 9.17) is 4.74 Å². The first kappa shape index (κ1) is 20.2. The standard InChI is InChI=1S/C16H23F3N4O3/c1-9(20-14(25)26-15(2,3)4)7-23-6-5-11-10(8-23)12(24)22-13(21-11)16(17,18)19/h9H,5-8H2,1-4H3,(H,20,25)(H,21,22,24). The molecule has 0 fully saturated rings. The van der Waals surface area contributed by atoms with Crippen molar-refractivity contribution in [2.75, 3.05) is 13.1 Å². The summed E-state index contributed by atoms with van der Waals surface area (Å²) in [4.78, 5) is 31.0. The molecule has 1 aliphatic rings. The molecular weight excluding hydrogens is 353 g/mol. The van der Waals surface area contributed by atoms with Crippen molar-refractivity contribution in [3.05, 3.63) is 27.4 Å². The molecule has 0 spiro atoms. The van der Waals surface area contributed by atoms with Gasteiger partial charge in [0.1, 0.15) is 5.60 Å². The number of hydrogen-bond donors (Lipinski definition) is 2. The van der Waals surface area contributed by atoms with E-state index >= 15 is 0 Å². The number of H-pyrrole nitrogens is 1. The summed E-state index contributed by atoms with van der Waals surface area (Å²) < 4.78 is 43.4. The van der Waals surface area contributed by atoms with Gasteiger partial charge >= 0.3 is 12.3 Å². The van der Waals surface area contributed by atoms with Crippen molar-refractivity contribution in [2.45, 2.75) is 58.5 Å². The molecule has 0 radical (unpaired) electrons. The highest BCUT2D eigenvalue weighted by atomic mass is 19.4. The van der Waals surface area contributed by atoms with Crippen LogP contribution in [-0.2, 0) is 23.9 Å². The number of fused-ring (bicyclic) bond motifs is 1. The van der Waals surface area contributed by atoms with E-state index in [1.54, 1.807) is 32.7 Å². The first-order valence-corrected chi connectivity index (χ1v) is 8.26. The van der Waals surface area contributed by atoms with Crippen LogP contribution in [0.5, 0.6) is 0 Å². The molecule has 0 aromatic carbocycles. The third-order valence-corrected chi connectivity index (χ3v) is 3.71. The Labute approximate surface area is 148 Å². The first-order valence-electron chi connectivity index (χ1n) is 8.26. The SMILES string of the molecule is CC(CN1CCc2nc(C(F)(F)F)[nH]c(=O)c2C1)NC(=O)OC(C)(C)C. The maximum atomic E-state index is 12.7. The van der Waals surface area contributed by atoms with Crippen LogP contribution < -0.4 is 10.9 Å². The second kappa shape index (κ2) is 7.26. The molecule has 10 heteroatoms. The Kier molecular flexibility index (Phi) is 5.64. The van der Waals surface area contributed by atoms with Gasteiger partial charge in [0.15, 0.2) is 0 Å². The molecule has 2 heterocycles. The molecule has 1 aromatic heterocycles. The fourth-order valence-corrected chi connectivity index (χ4v) is 2.71. The van der Waals surface area contributed by atoms with Crippen molar-refractivity contribution in [1.82, 2.24) is 20.2 Å². The molecule has 2 N–H and O–H groups in total. The molecule has 1 aromatic rings. The van der Waals surface area contributed by atoms with Gasteiger partial charge in [-0.15, -0.1) is 0 Å². The Hall–Kier alpha value is -2.10. The second-order valence-corrected chi connectivity index (χ2v) is 7.37. The molecule has 1 aliphatic heterocycles. The Morgan fingerprint density at radius 2 is 2.04 bits per heavy atom. The molecule has 1 unspecified atom stereocenters. The van der Waals surface area contributed by atoms with E-state index in [9.17, 15) is 22.8 Å². The monoisotopic (exact) mass is 376 g/mol. The number of nitrogens with zero attached hydrogens (tertiary/aromatic N) is 2. The van der Waals surface area contributed by atoms with Crippen LogP contribution in [0.4, 0.5) is 18.0 Å². The summed E-state index contributed by atoms with van der Waals surface area (Å²) in [7, 11) is 0. The van der Waals surface area contributed by atoms with Crippen LogP contribution in [0.3, 0.4) is 0 Å². The van der Waals surface area contributed by atoms with E-state index in [1.165, 1.54) is 0 Å². The first-order chi connectivity index (χ1) is 11.8. The number of ether oxygens (including phenoxy) is 1. The average molecular weight is 376 g/mol. The van der Waals surface area contributed by atoms with Crippen LogP contribution in [0.2, 0.25) is 0 Å². The number of aromatic amines is 1. The van der Waals surface area contributed by atoms with Gasteiger partial charge in [-0.2, -0.15) is 13.2 Å². The average Bonchev–Trinajstić information content (AvgIpc) is 2.44. The number of nitrogens with one attached hydrogen (secondary N) is 2. The number of carbonyl (C=O) groups is 1. The van der Waals surface area contributed by atoms with Crippen LogP contribution >= 0.6 is 0 Å². The molecule has 0 bridgehead atoms. The van der Waals surface area contributed by atoms with Gasteiger partial charge in [-0.25, -0.2) is 9.78 Å². The van der Waals surface area contributed by atoms with Gasteiger partial charge < -0.3 is 15.0 Å². The van der Waals surface area contributed by atoms with Crippen molar-refractivity contribution in [3.8, 4) is 0 Å². The van der Waals surface area contributed by atoms with E-state index in [-0.39, 0.29) is 30.3 Å². The summed E-state index contributed by atoms with van der Waals surface area (Å²) >= 11 is 0. The largest absolute Gasteiger partial charge is 0.449 e. The van der Waals surface area contributed by atoms with Crippen molar-refractivity contribution >= 4 is 6.09 Å². The number of halogens is 3. The highest BCUT2D eigenvalue weighted by molar-refractivity contribution is 5.68. The van der Waals surface area contributed by atoms with E-state index in [0.717, 1.165) is 0 Å². The minimum atomic E-state index is -4.68. The lowest BCUT2D eigenvalue weighted by Gasteiger charge is -2.30. The number of alkyl carbamates (subject to hydrolysis) is 1. The summed E-state index contributed by atoms with van der Waals surface area (Å²) in [6, 6.07) is -0.257. The zero-order valence-corrected chi connectivity index (χ0v) is 15.2. The highest BCUT2D eigenvalue weighted by Crippen LogP contribution is 2.26. The molecule has 1 atom stereocenters. The lowest BCUT2D eigenvalue weighted by atomic mass is 10.1. The van der Waals surface area contributed by atoms with E-state index in [0.29, 0.717) is 13.1 Å². The fourth-order valence-electron chi connectivity index (χ4n) is 2.71. The fraction of sp³-hybridized carbons (Fsp3) is 0.688. The smallest absolute Gasteiger partial charge is 0.444 e. The van der Waals surface area contributed by atoms with Crippen LogP contribution in [0, 0.1) is 0 Å². The molecule has 0 aliphatic carbocycles. The van der Waals surface area contributed by atoms with Crippen LogP contribution in [0.1, 0.15) is 44.8 Å². The summed E-state index contributed by atoms with van der Waals surface area (Å²) in [5.74, 6) is -1.27. The van der Waals surface area contributed by atoms with Crippen molar-refractivity contribution < 1.29 is 22.7 Å². The zero-order chi connectivity index (χ0) is 19.7. The maximum Gasteiger partial charge on any atom is 0.449 e. The number of carbonyl (C=O) groups excluding carboxylic acids is 1. The molecule has 146 valence electrons. The van der Waals surface area contributed by atoms with Crippen molar-refractivity contribution in [1.29, 1.82) is 0 Å². The topological polar surface area (TPSA) is 87.3 Å². The molecule has 7 nitrogen and oxygen atoms in total. The molecule has 0 saturated carbocycles. The number of rotatable bonds is 3. The van der Waals surface area contributed by atoms with Gasteiger partial charge in [0, 0.05) is 32.1 Å². The predicted octanol–water partition coefficient (Wildman–Crippen LogP) is 2.06. The lowest BCUT2D eigenvalue weighted by molar-refractivity contribution is -0.145. The maximum absolute atomic E-state index is 12.7.